The number of nitrogens with zero attached hydrogens (tertiary/aromatic N) is 4. The zero-order chi connectivity index (χ0) is 12.3. The van der Waals surface area contributed by atoms with Crippen molar-refractivity contribution in [2.24, 2.45) is 10.5 Å². The molecule has 0 spiro atoms. The molecule has 1 atom stereocenters. The van der Waals surface area contributed by atoms with Crippen LogP contribution in [0.4, 0.5) is 0 Å². The van der Waals surface area contributed by atoms with Gasteiger partial charge in [0, 0.05) is 6.54 Å². The molecule has 0 fully saturated rings. The van der Waals surface area contributed by atoms with E-state index in [1.54, 1.807) is 5.01 Å². The van der Waals surface area contributed by atoms with E-state index in [1.807, 2.05) is 6.92 Å². The van der Waals surface area contributed by atoms with E-state index in [4.69, 9.17) is 0 Å². The third-order valence-corrected chi connectivity index (χ3v) is 2.40. The Kier molecular flexibility index (Phi) is 3.72. The van der Waals surface area contributed by atoms with Crippen LogP contribution in [0.3, 0.4) is 0 Å². The van der Waals surface area contributed by atoms with Crippen LogP contribution in [0, 0.1) is 15.5 Å². The highest BCUT2D eigenvalue weighted by Crippen LogP contribution is 2.27. The summed E-state index contributed by atoms with van der Waals surface area (Å²) in [6, 6.07) is 0. The van der Waals surface area contributed by atoms with Crippen molar-refractivity contribution in [3.8, 4) is 0 Å². The Morgan fingerprint density at radius 3 is 2.56 bits per heavy atom. The van der Waals surface area contributed by atoms with Crippen molar-refractivity contribution < 1.29 is 5.03 Å². The van der Waals surface area contributed by atoms with Gasteiger partial charge in [-0.25, -0.2) is 10.1 Å². The summed E-state index contributed by atoms with van der Waals surface area (Å²) in [4.78, 5) is 10.9. The number of rotatable bonds is 4. The zero-order valence-electron chi connectivity index (χ0n) is 10.4. The van der Waals surface area contributed by atoms with Gasteiger partial charge in [-0.05, 0) is 18.3 Å². The number of hydrazine groups is 1. The van der Waals surface area contributed by atoms with Crippen molar-refractivity contribution in [3.63, 3.8) is 0 Å². The third kappa shape index (κ3) is 3.08. The van der Waals surface area contributed by atoms with Gasteiger partial charge in [0.15, 0.2) is 17.5 Å². The Balaban J connectivity index is 2.75. The molecule has 0 aromatic carbocycles. The summed E-state index contributed by atoms with van der Waals surface area (Å²) in [5, 5.41) is 17.5. The summed E-state index contributed by atoms with van der Waals surface area (Å²) in [7, 11) is 0. The van der Waals surface area contributed by atoms with Crippen molar-refractivity contribution in [2.45, 2.75) is 46.7 Å². The highest BCUT2D eigenvalue weighted by molar-refractivity contribution is 5.55. The molecule has 0 bridgehead atoms. The minimum Gasteiger partial charge on any atom is -0.267 e. The molecule has 0 saturated carbocycles. The molecule has 0 aliphatic carbocycles. The third-order valence-electron chi connectivity index (χ3n) is 2.40. The van der Waals surface area contributed by atoms with Crippen LogP contribution >= 0.6 is 0 Å². The van der Waals surface area contributed by atoms with Gasteiger partial charge in [0.05, 0.1) is 0 Å². The van der Waals surface area contributed by atoms with Crippen LogP contribution in [0.1, 0.15) is 40.5 Å². The first-order valence-electron chi connectivity index (χ1n) is 5.58. The SMILES string of the molecule is CCCN1N=CN([N+](=O)[O-])C1CC(C)(C)C. The van der Waals surface area contributed by atoms with Crippen LogP contribution in [0.25, 0.3) is 0 Å². The van der Waals surface area contributed by atoms with Gasteiger partial charge in [0.2, 0.25) is 0 Å². The normalized spacial score (nSPS) is 20.6. The summed E-state index contributed by atoms with van der Waals surface area (Å²) < 4.78 is 0. The number of hydrogen-bond acceptors (Lipinski definition) is 4. The van der Waals surface area contributed by atoms with Gasteiger partial charge < -0.3 is 0 Å². The number of hydrazone groups is 1. The molecule has 0 aromatic heterocycles. The first kappa shape index (κ1) is 12.7. The monoisotopic (exact) mass is 228 g/mol. The van der Waals surface area contributed by atoms with Crippen LogP contribution in [-0.2, 0) is 0 Å². The largest absolute Gasteiger partial charge is 0.267 e. The zero-order valence-corrected chi connectivity index (χ0v) is 10.4. The molecular weight excluding hydrogens is 208 g/mol. The fourth-order valence-electron chi connectivity index (χ4n) is 1.74. The quantitative estimate of drug-likeness (QED) is 0.544. The molecule has 0 radical (unpaired) electrons. The minimum absolute atomic E-state index is 0.0403. The van der Waals surface area contributed by atoms with Gasteiger partial charge >= 0.3 is 0 Å². The van der Waals surface area contributed by atoms with Crippen LogP contribution in [0.2, 0.25) is 0 Å². The molecule has 0 saturated heterocycles. The Bertz CT molecular complexity index is 285. The van der Waals surface area contributed by atoms with Crippen LogP contribution in [-0.4, -0.2) is 34.1 Å². The van der Waals surface area contributed by atoms with Gasteiger partial charge in [-0.1, -0.05) is 32.7 Å². The average Bonchev–Trinajstić information content (AvgIpc) is 2.47. The lowest BCUT2D eigenvalue weighted by Crippen LogP contribution is -2.45. The molecule has 0 aromatic rings. The predicted molar refractivity (Wildman–Crippen MR) is 62.2 cm³/mol. The molecule has 92 valence electrons. The molecule has 6 heteroatoms. The summed E-state index contributed by atoms with van der Waals surface area (Å²) in [6.07, 6.45) is 2.71. The lowest BCUT2D eigenvalue weighted by molar-refractivity contribution is -0.638. The summed E-state index contributed by atoms with van der Waals surface area (Å²) in [5.41, 5.74) is 0.0403. The lowest BCUT2D eigenvalue weighted by atomic mass is 9.90. The van der Waals surface area contributed by atoms with E-state index < -0.39 is 5.03 Å². The first-order chi connectivity index (χ1) is 7.35. The second-order valence-electron chi connectivity index (χ2n) is 5.26. The Morgan fingerprint density at radius 1 is 1.50 bits per heavy atom. The van der Waals surface area contributed by atoms with Crippen LogP contribution < -0.4 is 0 Å². The molecule has 1 heterocycles. The fraction of sp³-hybridized carbons (Fsp3) is 0.900. The molecule has 1 unspecified atom stereocenters. The van der Waals surface area contributed by atoms with Gasteiger partial charge in [0.1, 0.15) is 0 Å². The van der Waals surface area contributed by atoms with Gasteiger partial charge in [-0.3, -0.25) is 5.01 Å². The molecule has 1 aliphatic rings. The molecular formula is C10H20N4O2. The molecule has 6 nitrogen and oxygen atoms in total. The lowest BCUT2D eigenvalue weighted by Gasteiger charge is -2.29. The molecule has 0 N–H and O–H groups in total. The number of nitro groups is 1. The fourth-order valence-corrected chi connectivity index (χ4v) is 1.74. The summed E-state index contributed by atoms with van der Waals surface area (Å²) in [5.74, 6) is 0. The molecule has 1 rings (SSSR count). The van der Waals surface area contributed by atoms with Crippen molar-refractivity contribution in [3.05, 3.63) is 10.1 Å². The van der Waals surface area contributed by atoms with Crippen molar-refractivity contribution in [1.82, 2.24) is 10.0 Å². The standard InChI is InChI=1S/C10H20N4O2/c1-5-6-12-9(7-10(2,3)4)13(8-11-12)14(15)16/h8-9H,5-7H2,1-4H3. The van der Waals surface area contributed by atoms with E-state index in [0.717, 1.165) is 18.0 Å². The van der Waals surface area contributed by atoms with E-state index >= 15 is 0 Å². The summed E-state index contributed by atoms with van der Waals surface area (Å²) in [6.45, 7) is 9.02. The van der Waals surface area contributed by atoms with Gasteiger partial charge in [-0.15, -0.1) is 0 Å². The van der Waals surface area contributed by atoms with E-state index in [1.165, 1.54) is 6.34 Å². The van der Waals surface area contributed by atoms with Crippen LogP contribution in [0.5, 0.6) is 0 Å². The van der Waals surface area contributed by atoms with Crippen molar-refractivity contribution in [2.75, 3.05) is 6.54 Å². The second kappa shape index (κ2) is 4.67. The smallest absolute Gasteiger partial charge is 0.183 e. The van der Waals surface area contributed by atoms with Gasteiger partial charge in [0.25, 0.3) is 0 Å². The number of hydrogen-bond donors (Lipinski definition) is 0. The summed E-state index contributed by atoms with van der Waals surface area (Å²) >= 11 is 0. The average molecular weight is 228 g/mol. The van der Waals surface area contributed by atoms with Crippen molar-refractivity contribution >= 4 is 6.34 Å². The molecule has 1 aliphatic heterocycles. The van der Waals surface area contributed by atoms with Crippen LogP contribution in [0.15, 0.2) is 5.10 Å². The molecule has 0 amide bonds. The molecule has 16 heavy (non-hydrogen) atoms. The Labute approximate surface area is 96.0 Å². The van der Waals surface area contributed by atoms with E-state index in [2.05, 4.69) is 25.9 Å². The van der Waals surface area contributed by atoms with E-state index in [0.29, 0.717) is 6.42 Å². The highest BCUT2D eigenvalue weighted by Gasteiger charge is 2.37. The maximum Gasteiger partial charge on any atom is 0.183 e. The highest BCUT2D eigenvalue weighted by atomic mass is 16.7. The maximum atomic E-state index is 10.9. The van der Waals surface area contributed by atoms with Crippen molar-refractivity contribution in [1.29, 1.82) is 0 Å². The topological polar surface area (TPSA) is 62.0 Å². The first-order valence-corrected chi connectivity index (χ1v) is 5.58. The maximum absolute atomic E-state index is 10.9. The predicted octanol–water partition coefficient (Wildman–Crippen LogP) is 1.91. The Morgan fingerprint density at radius 2 is 2.12 bits per heavy atom. The van der Waals surface area contributed by atoms with E-state index in [9.17, 15) is 10.1 Å². The Hall–Kier alpha value is -1.33. The van der Waals surface area contributed by atoms with Gasteiger partial charge in [-0.2, -0.15) is 5.10 Å². The minimum atomic E-state index is -0.393. The second-order valence-corrected chi connectivity index (χ2v) is 5.26. The van der Waals surface area contributed by atoms with E-state index in [-0.39, 0.29) is 11.6 Å².